The second-order valence-corrected chi connectivity index (χ2v) is 9.54. The average molecular weight is 403 g/mol. The predicted molar refractivity (Wildman–Crippen MR) is 98.0 cm³/mol. The lowest BCUT2D eigenvalue weighted by Gasteiger charge is -2.27. The van der Waals surface area contributed by atoms with Gasteiger partial charge in [0, 0.05) is 22.2 Å². The lowest BCUT2D eigenvalue weighted by molar-refractivity contribution is 0.466. The highest BCUT2D eigenvalue weighted by Crippen LogP contribution is 2.40. The number of aromatic hydroxyl groups is 1. The zero-order chi connectivity index (χ0) is 20.1. The molecule has 2 aromatic carbocycles. The molecule has 2 aromatic rings. The standard InChI is InChI=1S/C16H21NO7S2/c1-5-16(3,4)17-12-8-11(25(19,20)21)6-10-7-13(26(22,23)24)9(2)15(18)14(10)12/h6-8,17-18H,5H2,1-4H3,(H,19,20,21)(H,22,23,24). The van der Waals surface area contributed by atoms with Crippen LogP contribution in [0.3, 0.4) is 0 Å². The van der Waals surface area contributed by atoms with Gasteiger partial charge in [0.1, 0.15) is 10.6 Å². The summed E-state index contributed by atoms with van der Waals surface area (Å²) in [5, 5.41) is 13.8. The van der Waals surface area contributed by atoms with Crippen molar-refractivity contribution in [3.05, 3.63) is 23.8 Å². The van der Waals surface area contributed by atoms with Crippen molar-refractivity contribution in [1.29, 1.82) is 0 Å². The highest BCUT2D eigenvalue weighted by Gasteiger charge is 2.24. The molecule has 26 heavy (non-hydrogen) atoms. The van der Waals surface area contributed by atoms with Crippen molar-refractivity contribution in [2.24, 2.45) is 0 Å². The Morgan fingerprint density at radius 3 is 2.08 bits per heavy atom. The highest BCUT2D eigenvalue weighted by atomic mass is 32.2. The molecule has 0 saturated heterocycles. The topological polar surface area (TPSA) is 141 Å². The maximum Gasteiger partial charge on any atom is 0.294 e. The van der Waals surface area contributed by atoms with E-state index in [0.29, 0.717) is 6.42 Å². The maximum atomic E-state index is 11.6. The number of anilines is 1. The molecule has 0 aliphatic rings. The molecule has 0 saturated carbocycles. The Kier molecular flexibility index (Phi) is 5.01. The van der Waals surface area contributed by atoms with Crippen molar-refractivity contribution < 1.29 is 31.0 Å². The van der Waals surface area contributed by atoms with Crippen LogP contribution in [-0.2, 0) is 20.2 Å². The molecule has 0 unspecified atom stereocenters. The molecule has 0 amide bonds. The molecule has 4 N–H and O–H groups in total. The molecule has 0 bridgehead atoms. The first-order chi connectivity index (χ1) is 11.7. The number of hydrogen-bond donors (Lipinski definition) is 4. The molecule has 0 aliphatic heterocycles. The Bertz CT molecular complexity index is 1090. The number of nitrogens with one attached hydrogen (secondary N) is 1. The Labute approximate surface area is 152 Å². The minimum atomic E-state index is -4.64. The lowest BCUT2D eigenvalue weighted by atomic mass is 9.98. The van der Waals surface area contributed by atoms with Crippen LogP contribution in [0.4, 0.5) is 5.69 Å². The van der Waals surface area contributed by atoms with Crippen LogP contribution in [0.5, 0.6) is 5.75 Å². The van der Waals surface area contributed by atoms with Crippen molar-refractivity contribution in [2.75, 3.05) is 5.32 Å². The molecular formula is C16H21NO7S2. The monoisotopic (exact) mass is 403 g/mol. The third-order valence-electron chi connectivity index (χ3n) is 4.32. The highest BCUT2D eigenvalue weighted by molar-refractivity contribution is 7.86. The molecular weight excluding hydrogens is 382 g/mol. The molecule has 0 radical (unpaired) electrons. The van der Waals surface area contributed by atoms with Crippen LogP contribution in [0.2, 0.25) is 0 Å². The number of hydrogen-bond acceptors (Lipinski definition) is 6. The van der Waals surface area contributed by atoms with Gasteiger partial charge in [-0.05, 0) is 50.8 Å². The van der Waals surface area contributed by atoms with E-state index in [9.17, 15) is 31.0 Å². The molecule has 0 atom stereocenters. The maximum absolute atomic E-state index is 11.6. The van der Waals surface area contributed by atoms with Crippen LogP contribution in [0, 0.1) is 6.92 Å². The van der Waals surface area contributed by atoms with E-state index in [1.54, 1.807) is 0 Å². The molecule has 0 heterocycles. The Hall–Kier alpha value is -1.88. The summed E-state index contributed by atoms with van der Waals surface area (Å²) in [6, 6.07) is 3.25. The fourth-order valence-corrected chi connectivity index (χ4v) is 3.84. The number of phenols is 1. The van der Waals surface area contributed by atoms with Gasteiger partial charge in [0.2, 0.25) is 0 Å². The quantitative estimate of drug-likeness (QED) is 0.558. The summed E-state index contributed by atoms with van der Waals surface area (Å²) in [4.78, 5) is -1.01. The minimum absolute atomic E-state index is 0.0326. The summed E-state index contributed by atoms with van der Waals surface area (Å²) in [7, 11) is -9.22. The van der Waals surface area contributed by atoms with Crippen molar-refractivity contribution in [2.45, 2.75) is 49.4 Å². The van der Waals surface area contributed by atoms with Crippen molar-refractivity contribution >= 4 is 36.7 Å². The van der Waals surface area contributed by atoms with Gasteiger partial charge in [0.15, 0.2) is 0 Å². The SMILES string of the molecule is CCC(C)(C)Nc1cc(S(=O)(=O)O)cc2cc(S(=O)(=O)O)c(C)c(O)c12. The fraction of sp³-hybridized carbons (Fsp3) is 0.375. The molecule has 8 nitrogen and oxygen atoms in total. The Morgan fingerprint density at radius 2 is 1.62 bits per heavy atom. The third-order valence-corrected chi connectivity index (χ3v) is 6.13. The second-order valence-electron chi connectivity index (χ2n) is 6.73. The Morgan fingerprint density at radius 1 is 1.04 bits per heavy atom. The van der Waals surface area contributed by atoms with Gasteiger partial charge in [0.05, 0.1) is 4.90 Å². The smallest absolute Gasteiger partial charge is 0.294 e. The molecule has 0 aliphatic carbocycles. The van der Waals surface area contributed by atoms with Crippen LogP contribution >= 0.6 is 0 Å². The zero-order valence-electron chi connectivity index (χ0n) is 14.7. The molecule has 10 heteroatoms. The van der Waals surface area contributed by atoms with Crippen LogP contribution < -0.4 is 5.32 Å². The molecule has 0 aromatic heterocycles. The van der Waals surface area contributed by atoms with E-state index < -0.39 is 41.3 Å². The Balaban J connectivity index is 2.99. The molecule has 0 spiro atoms. The van der Waals surface area contributed by atoms with Gasteiger partial charge in [0.25, 0.3) is 20.2 Å². The number of phenolic OH excluding ortho intramolecular Hbond substituents is 1. The van der Waals surface area contributed by atoms with E-state index >= 15 is 0 Å². The first kappa shape index (κ1) is 20.4. The third kappa shape index (κ3) is 3.93. The number of benzene rings is 2. The van der Waals surface area contributed by atoms with Gasteiger partial charge in [-0.1, -0.05) is 6.92 Å². The van der Waals surface area contributed by atoms with E-state index in [-0.39, 0.29) is 22.0 Å². The average Bonchev–Trinajstić information content (AvgIpc) is 2.47. The molecule has 0 fully saturated rings. The van der Waals surface area contributed by atoms with E-state index in [0.717, 1.165) is 12.1 Å². The van der Waals surface area contributed by atoms with Crippen LogP contribution in [0.1, 0.15) is 32.8 Å². The number of rotatable bonds is 5. The fourth-order valence-electron chi connectivity index (χ4n) is 2.54. The van der Waals surface area contributed by atoms with E-state index in [4.69, 9.17) is 0 Å². The summed E-state index contributed by atoms with van der Waals surface area (Å²) < 4.78 is 65.0. The predicted octanol–water partition coefficient (Wildman–Crippen LogP) is 2.95. The van der Waals surface area contributed by atoms with Gasteiger partial charge in [-0.3, -0.25) is 9.11 Å². The van der Waals surface area contributed by atoms with Gasteiger partial charge in [-0.25, -0.2) is 0 Å². The van der Waals surface area contributed by atoms with E-state index in [1.165, 1.54) is 13.0 Å². The van der Waals surface area contributed by atoms with Crippen LogP contribution in [0.15, 0.2) is 28.0 Å². The summed E-state index contributed by atoms with van der Waals surface area (Å²) in [5.41, 5.74) is -0.339. The second kappa shape index (κ2) is 6.38. The zero-order valence-corrected chi connectivity index (χ0v) is 16.4. The molecule has 2 rings (SSSR count). The first-order valence-corrected chi connectivity index (χ1v) is 10.6. The van der Waals surface area contributed by atoms with Gasteiger partial charge >= 0.3 is 0 Å². The normalized spacial score (nSPS) is 13.2. The van der Waals surface area contributed by atoms with Crippen molar-refractivity contribution in [1.82, 2.24) is 0 Å². The van der Waals surface area contributed by atoms with E-state index in [1.807, 2.05) is 20.8 Å². The number of fused-ring (bicyclic) bond motifs is 1. The lowest BCUT2D eigenvalue weighted by Crippen LogP contribution is -2.29. The van der Waals surface area contributed by atoms with Gasteiger partial charge in [-0.2, -0.15) is 16.8 Å². The first-order valence-electron chi connectivity index (χ1n) is 7.71. The summed E-state index contributed by atoms with van der Waals surface area (Å²) in [5.74, 6) is -0.411. The molecule has 144 valence electrons. The summed E-state index contributed by atoms with van der Waals surface area (Å²) in [6.07, 6.45) is 0.660. The van der Waals surface area contributed by atoms with Gasteiger partial charge in [-0.15, -0.1) is 0 Å². The van der Waals surface area contributed by atoms with Gasteiger partial charge < -0.3 is 10.4 Å². The van der Waals surface area contributed by atoms with Crippen LogP contribution in [0.25, 0.3) is 10.8 Å². The largest absolute Gasteiger partial charge is 0.507 e. The summed E-state index contributed by atoms with van der Waals surface area (Å²) >= 11 is 0. The van der Waals surface area contributed by atoms with Crippen LogP contribution in [-0.4, -0.2) is 36.6 Å². The summed E-state index contributed by atoms with van der Waals surface area (Å²) in [6.45, 7) is 6.94. The minimum Gasteiger partial charge on any atom is -0.507 e. The van der Waals surface area contributed by atoms with E-state index in [2.05, 4.69) is 5.32 Å². The van der Waals surface area contributed by atoms with Crippen molar-refractivity contribution in [3.63, 3.8) is 0 Å². The van der Waals surface area contributed by atoms with Crippen molar-refractivity contribution in [3.8, 4) is 5.75 Å².